The molecule has 0 radical (unpaired) electrons. The average Bonchev–Trinajstić information content (AvgIpc) is 2.21. The Labute approximate surface area is 116 Å². The number of rotatable bonds is 1. The van der Waals surface area contributed by atoms with Crippen LogP contribution in [0.5, 0.6) is 0 Å². The van der Waals surface area contributed by atoms with Crippen LogP contribution in [-0.2, 0) is 9.53 Å². The van der Waals surface area contributed by atoms with Crippen molar-refractivity contribution in [1.29, 1.82) is 0 Å². The summed E-state index contributed by atoms with van der Waals surface area (Å²) in [5, 5.41) is 0. The summed E-state index contributed by atoms with van der Waals surface area (Å²) < 4.78 is 5.70. The van der Waals surface area contributed by atoms with E-state index in [2.05, 4.69) is 27.7 Å². The molecule has 0 aromatic rings. The first-order chi connectivity index (χ1) is 8.70. The van der Waals surface area contributed by atoms with Crippen LogP contribution in [0.15, 0.2) is 0 Å². The summed E-state index contributed by atoms with van der Waals surface area (Å²) in [6.07, 6.45) is 7.28. The number of hydrogen-bond acceptors (Lipinski definition) is 2. The minimum absolute atomic E-state index is 0.0154. The lowest BCUT2D eigenvalue weighted by Crippen LogP contribution is -2.69. The fourth-order valence-corrected chi connectivity index (χ4v) is 6.90. The van der Waals surface area contributed by atoms with E-state index in [-0.39, 0.29) is 17.0 Å². The van der Waals surface area contributed by atoms with Gasteiger partial charge in [-0.25, -0.2) is 0 Å². The Morgan fingerprint density at radius 1 is 1.11 bits per heavy atom. The quantitative estimate of drug-likeness (QED) is 0.669. The molecule has 2 heteroatoms. The maximum Gasteiger partial charge on any atom is 0.310 e. The molecule has 1 aliphatic heterocycles. The highest BCUT2D eigenvalue weighted by atomic mass is 16.6. The van der Waals surface area contributed by atoms with Crippen LogP contribution >= 0.6 is 0 Å². The molecule has 0 aromatic carbocycles. The number of esters is 1. The largest absolute Gasteiger partial charge is 0.458 e. The number of cyclic esters (lactones) is 1. The second-order valence-corrected chi connectivity index (χ2v) is 9.11. The average molecular weight is 262 g/mol. The van der Waals surface area contributed by atoms with E-state index in [4.69, 9.17) is 4.74 Å². The standard InChI is InChI=1S/C17H26O2/c1-11-12-5-14(2)8-15(11,3)10-17(6-12,9-14)16(4)7-13(18)19-16/h11-12H,5-10H2,1-4H3/t11-,12+,14+,15+,16+,17-/m1/s1. The second kappa shape index (κ2) is 3.04. The van der Waals surface area contributed by atoms with Gasteiger partial charge in [0.2, 0.25) is 0 Å². The van der Waals surface area contributed by atoms with Gasteiger partial charge in [0.15, 0.2) is 0 Å². The Kier molecular flexibility index (Phi) is 1.96. The predicted octanol–water partition coefficient (Wildman–Crippen LogP) is 3.93. The summed E-state index contributed by atoms with van der Waals surface area (Å²) >= 11 is 0. The first kappa shape index (κ1) is 12.2. The fourth-order valence-electron chi connectivity index (χ4n) is 6.90. The van der Waals surface area contributed by atoms with Gasteiger partial charge in [-0.2, -0.15) is 0 Å². The maximum absolute atomic E-state index is 11.4. The van der Waals surface area contributed by atoms with Crippen LogP contribution in [0.25, 0.3) is 0 Å². The van der Waals surface area contributed by atoms with Crippen molar-refractivity contribution in [1.82, 2.24) is 0 Å². The molecule has 0 N–H and O–H groups in total. The Hall–Kier alpha value is -0.530. The molecular weight excluding hydrogens is 236 g/mol. The second-order valence-electron chi connectivity index (χ2n) is 9.11. The van der Waals surface area contributed by atoms with Crippen LogP contribution in [0.1, 0.15) is 66.2 Å². The number of hydrogen-bond donors (Lipinski definition) is 0. The zero-order chi connectivity index (χ0) is 13.7. The van der Waals surface area contributed by atoms with Gasteiger partial charge in [-0.1, -0.05) is 20.8 Å². The molecule has 0 unspecified atom stereocenters. The topological polar surface area (TPSA) is 26.3 Å². The highest BCUT2D eigenvalue weighted by Crippen LogP contribution is 2.75. The molecule has 5 aliphatic rings. The molecule has 4 aliphatic carbocycles. The summed E-state index contributed by atoms with van der Waals surface area (Å²) in [5.41, 5.74) is 1.08. The van der Waals surface area contributed by atoms with Crippen LogP contribution in [-0.4, -0.2) is 11.6 Å². The van der Waals surface area contributed by atoms with E-state index in [0.717, 1.165) is 11.8 Å². The van der Waals surface area contributed by atoms with E-state index in [1.165, 1.54) is 32.1 Å². The van der Waals surface area contributed by atoms with Crippen molar-refractivity contribution in [2.24, 2.45) is 28.1 Å². The van der Waals surface area contributed by atoms with Crippen LogP contribution in [0.4, 0.5) is 0 Å². The summed E-state index contributed by atoms with van der Waals surface area (Å²) in [6, 6.07) is 0. The Balaban J connectivity index is 1.77. The summed E-state index contributed by atoms with van der Waals surface area (Å²) in [6.45, 7) is 9.66. The molecule has 0 amide bonds. The summed E-state index contributed by atoms with van der Waals surface area (Å²) in [4.78, 5) is 11.4. The predicted molar refractivity (Wildman–Crippen MR) is 73.5 cm³/mol. The van der Waals surface area contributed by atoms with E-state index in [1.54, 1.807) is 0 Å². The van der Waals surface area contributed by atoms with E-state index < -0.39 is 0 Å². The number of ether oxygens (including phenoxy) is 1. The van der Waals surface area contributed by atoms with Crippen molar-refractivity contribution >= 4 is 5.97 Å². The van der Waals surface area contributed by atoms with Gasteiger partial charge in [0, 0.05) is 5.41 Å². The first-order valence-electron chi connectivity index (χ1n) is 7.91. The Bertz CT molecular complexity index is 462. The van der Waals surface area contributed by atoms with Gasteiger partial charge in [-0.15, -0.1) is 0 Å². The van der Waals surface area contributed by atoms with Crippen molar-refractivity contribution < 1.29 is 9.53 Å². The van der Waals surface area contributed by atoms with E-state index >= 15 is 0 Å². The Morgan fingerprint density at radius 3 is 2.37 bits per heavy atom. The molecule has 2 nitrogen and oxygen atoms in total. The van der Waals surface area contributed by atoms with Crippen LogP contribution in [0.2, 0.25) is 0 Å². The molecule has 1 saturated heterocycles. The molecule has 5 fully saturated rings. The molecule has 4 saturated carbocycles. The summed E-state index contributed by atoms with van der Waals surface area (Å²) in [7, 11) is 0. The monoisotopic (exact) mass is 262 g/mol. The third-order valence-corrected chi connectivity index (χ3v) is 7.49. The molecule has 4 bridgehead atoms. The molecule has 1 heterocycles. The van der Waals surface area contributed by atoms with Crippen molar-refractivity contribution in [2.75, 3.05) is 0 Å². The lowest BCUT2D eigenvalue weighted by Gasteiger charge is -2.72. The van der Waals surface area contributed by atoms with Gasteiger partial charge >= 0.3 is 5.97 Å². The number of carbonyl (C=O) groups excluding carboxylic acids is 1. The van der Waals surface area contributed by atoms with Crippen molar-refractivity contribution in [3.63, 3.8) is 0 Å². The molecule has 0 aromatic heterocycles. The number of carbonyl (C=O) groups is 1. The van der Waals surface area contributed by atoms with Gasteiger partial charge in [0.05, 0.1) is 6.42 Å². The minimum Gasteiger partial charge on any atom is -0.458 e. The van der Waals surface area contributed by atoms with E-state index in [9.17, 15) is 4.79 Å². The Morgan fingerprint density at radius 2 is 1.79 bits per heavy atom. The van der Waals surface area contributed by atoms with Gasteiger partial charge in [-0.05, 0) is 61.7 Å². The van der Waals surface area contributed by atoms with Crippen molar-refractivity contribution in [3.05, 3.63) is 0 Å². The van der Waals surface area contributed by atoms with Crippen molar-refractivity contribution in [2.45, 2.75) is 71.8 Å². The van der Waals surface area contributed by atoms with Gasteiger partial charge in [-0.3, -0.25) is 4.79 Å². The lowest BCUT2D eigenvalue weighted by atomic mass is 9.34. The minimum atomic E-state index is -0.161. The third-order valence-electron chi connectivity index (χ3n) is 7.49. The van der Waals surface area contributed by atoms with Crippen molar-refractivity contribution in [3.8, 4) is 0 Å². The van der Waals surface area contributed by atoms with Gasteiger partial charge in [0.1, 0.15) is 5.60 Å². The smallest absolute Gasteiger partial charge is 0.310 e. The lowest BCUT2D eigenvalue weighted by molar-refractivity contribution is -0.275. The third kappa shape index (κ3) is 1.31. The van der Waals surface area contributed by atoms with Crippen LogP contribution in [0, 0.1) is 28.1 Å². The highest BCUT2D eigenvalue weighted by Gasteiger charge is 2.70. The van der Waals surface area contributed by atoms with Gasteiger partial charge < -0.3 is 4.74 Å². The zero-order valence-electron chi connectivity index (χ0n) is 12.7. The molecule has 106 valence electrons. The molecule has 0 spiro atoms. The maximum atomic E-state index is 11.4. The van der Waals surface area contributed by atoms with E-state index in [1.807, 2.05) is 0 Å². The first-order valence-corrected chi connectivity index (χ1v) is 7.91. The molecule has 6 atom stereocenters. The van der Waals surface area contributed by atoms with E-state index in [0.29, 0.717) is 17.3 Å². The normalized spacial score (nSPS) is 62.8. The van der Waals surface area contributed by atoms with Crippen LogP contribution < -0.4 is 0 Å². The van der Waals surface area contributed by atoms with Crippen LogP contribution in [0.3, 0.4) is 0 Å². The molecular formula is C17H26O2. The molecule has 5 rings (SSSR count). The summed E-state index contributed by atoms with van der Waals surface area (Å²) in [5.74, 6) is 1.71. The zero-order valence-corrected chi connectivity index (χ0v) is 12.7. The molecule has 19 heavy (non-hydrogen) atoms. The highest BCUT2D eigenvalue weighted by molar-refractivity contribution is 5.77. The van der Waals surface area contributed by atoms with Gasteiger partial charge in [0.25, 0.3) is 0 Å². The fraction of sp³-hybridized carbons (Fsp3) is 0.941. The SMILES string of the molecule is C[C@@H]1[C@H]2C[C@@]3(C)C[C@@]1(C)C[C@@]([C@]1(C)CC(=O)O1)(C2)C3.